The van der Waals surface area contributed by atoms with E-state index in [0.717, 1.165) is 5.56 Å². The summed E-state index contributed by atoms with van der Waals surface area (Å²) < 4.78 is 5.26. The van der Waals surface area contributed by atoms with Crippen molar-refractivity contribution in [2.45, 2.75) is 12.5 Å². The van der Waals surface area contributed by atoms with Crippen molar-refractivity contribution in [2.24, 2.45) is 5.73 Å². The van der Waals surface area contributed by atoms with Gasteiger partial charge < -0.3 is 20.8 Å². The molecule has 2 aromatic rings. The number of amides is 1. The smallest absolute Gasteiger partial charge is 0.258 e. The fraction of sp³-hybridized carbons (Fsp3) is 0.312. The number of benzene rings is 1. The first-order valence-corrected chi connectivity index (χ1v) is 7.27. The average molecular weight is 316 g/mol. The Morgan fingerprint density at radius 2 is 2.30 bits per heavy atom. The summed E-state index contributed by atoms with van der Waals surface area (Å²) in [6.07, 6.45) is 4.71. The van der Waals surface area contributed by atoms with Crippen molar-refractivity contribution in [3.8, 4) is 0 Å². The number of carbonyl (C=O) groups is 1. The molecule has 1 amide bonds. The largest absolute Gasteiger partial charge is 0.371 e. The van der Waals surface area contributed by atoms with E-state index in [2.05, 4.69) is 15.3 Å². The maximum Gasteiger partial charge on any atom is 0.258 e. The molecule has 1 aromatic carbocycles. The Hall–Kier alpha value is -2.51. The first-order valence-electron chi connectivity index (χ1n) is 7.27. The Morgan fingerprint density at radius 3 is 3.04 bits per heavy atom. The number of methoxy groups -OCH3 is 1. The summed E-state index contributed by atoms with van der Waals surface area (Å²) in [7, 11) is 1.49. The number of fused-ring (bicyclic) bond motifs is 1. The summed E-state index contributed by atoms with van der Waals surface area (Å²) in [5.41, 5.74) is 6.61. The van der Waals surface area contributed by atoms with Crippen LogP contribution in [0.5, 0.6) is 0 Å². The number of nitrogens with zero attached hydrogens (tertiary/aromatic N) is 1. The molecule has 0 fully saturated rings. The zero-order valence-electron chi connectivity index (χ0n) is 12.9. The van der Waals surface area contributed by atoms with Crippen molar-refractivity contribution in [3.63, 3.8) is 0 Å². The van der Waals surface area contributed by atoms with E-state index in [1.54, 1.807) is 30.4 Å². The minimum Gasteiger partial charge on any atom is -0.371 e. The third kappa shape index (κ3) is 4.48. The Kier molecular flexibility index (Phi) is 6.02. The van der Waals surface area contributed by atoms with Gasteiger partial charge in [-0.1, -0.05) is 18.2 Å². The van der Waals surface area contributed by atoms with Gasteiger partial charge >= 0.3 is 0 Å². The first-order chi connectivity index (χ1) is 11.2. The maximum atomic E-state index is 12.1. The molecule has 7 nitrogen and oxygen atoms in total. The summed E-state index contributed by atoms with van der Waals surface area (Å²) in [5, 5.41) is 3.27. The molecule has 1 atom stereocenters. The van der Waals surface area contributed by atoms with Crippen LogP contribution in [0.3, 0.4) is 0 Å². The average Bonchev–Trinajstić information content (AvgIpc) is 2.56. The predicted molar refractivity (Wildman–Crippen MR) is 88.1 cm³/mol. The lowest BCUT2D eigenvalue weighted by molar-refractivity contribution is -0.130. The molecule has 0 saturated carbocycles. The van der Waals surface area contributed by atoms with Crippen molar-refractivity contribution in [2.75, 3.05) is 20.2 Å². The summed E-state index contributed by atoms with van der Waals surface area (Å²) in [5.74, 6) is -0.201. The van der Waals surface area contributed by atoms with Gasteiger partial charge in [-0.25, -0.2) is 4.98 Å². The third-order valence-electron chi connectivity index (χ3n) is 3.40. The molecule has 2 rings (SSSR count). The van der Waals surface area contributed by atoms with Crippen LogP contribution in [0.25, 0.3) is 10.9 Å². The zero-order chi connectivity index (χ0) is 16.7. The standard InChI is InChI=1S/C16H20N4O3/c1-23-14(16(22)18-7-3-2-6-17)9-11-4-5-12-13(8-11)19-10-20-15(12)21/h2-5,8,10,14H,6-7,9,17H2,1H3,(H,18,22)(H,19,20,21)/b3-2+/t14-/m0/s1. The molecule has 0 unspecified atom stereocenters. The monoisotopic (exact) mass is 316 g/mol. The Labute approximate surface area is 133 Å². The number of carbonyl (C=O) groups excluding carboxylic acids is 1. The second-order valence-electron chi connectivity index (χ2n) is 4.96. The van der Waals surface area contributed by atoms with E-state index in [0.29, 0.717) is 30.4 Å². The number of nitrogens with one attached hydrogen (secondary N) is 2. The minimum atomic E-state index is -0.610. The molecule has 0 saturated heterocycles. The Balaban J connectivity index is 2.07. The molecule has 0 bridgehead atoms. The highest BCUT2D eigenvalue weighted by molar-refractivity contribution is 5.82. The van der Waals surface area contributed by atoms with Crippen molar-refractivity contribution >= 4 is 16.8 Å². The number of ether oxygens (including phenoxy) is 1. The highest BCUT2D eigenvalue weighted by atomic mass is 16.5. The van der Waals surface area contributed by atoms with Crippen LogP contribution < -0.4 is 16.6 Å². The summed E-state index contributed by atoms with van der Waals surface area (Å²) in [6.45, 7) is 0.845. The number of rotatable bonds is 7. The van der Waals surface area contributed by atoms with E-state index in [9.17, 15) is 9.59 Å². The highest BCUT2D eigenvalue weighted by Gasteiger charge is 2.18. The molecule has 0 aliphatic heterocycles. The van der Waals surface area contributed by atoms with Crippen molar-refractivity contribution in [1.29, 1.82) is 0 Å². The van der Waals surface area contributed by atoms with Crippen LogP contribution in [0.1, 0.15) is 5.56 Å². The lowest BCUT2D eigenvalue weighted by Crippen LogP contribution is -2.37. The molecule has 0 spiro atoms. The fourth-order valence-electron chi connectivity index (χ4n) is 2.19. The van der Waals surface area contributed by atoms with Gasteiger partial charge in [-0.15, -0.1) is 0 Å². The molecule has 23 heavy (non-hydrogen) atoms. The fourth-order valence-corrected chi connectivity index (χ4v) is 2.19. The molecule has 0 aliphatic rings. The predicted octanol–water partition coefficient (Wildman–Crippen LogP) is 0.112. The van der Waals surface area contributed by atoms with E-state index in [1.807, 2.05) is 0 Å². The number of aromatic amines is 1. The lowest BCUT2D eigenvalue weighted by Gasteiger charge is -2.15. The zero-order valence-corrected chi connectivity index (χ0v) is 12.9. The van der Waals surface area contributed by atoms with E-state index in [-0.39, 0.29) is 11.5 Å². The van der Waals surface area contributed by atoms with E-state index >= 15 is 0 Å². The van der Waals surface area contributed by atoms with Crippen LogP contribution in [0.2, 0.25) is 0 Å². The van der Waals surface area contributed by atoms with E-state index < -0.39 is 6.10 Å². The second-order valence-corrected chi connectivity index (χ2v) is 4.96. The number of hydrogen-bond donors (Lipinski definition) is 3. The molecule has 0 aliphatic carbocycles. The normalized spacial score (nSPS) is 12.6. The number of H-pyrrole nitrogens is 1. The molecule has 7 heteroatoms. The summed E-state index contributed by atoms with van der Waals surface area (Å²) in [6, 6.07) is 5.29. The molecule has 1 heterocycles. The number of aromatic nitrogens is 2. The minimum absolute atomic E-state index is 0.186. The van der Waals surface area contributed by atoms with Crippen LogP contribution >= 0.6 is 0 Å². The summed E-state index contributed by atoms with van der Waals surface area (Å²) >= 11 is 0. The molecule has 4 N–H and O–H groups in total. The molecular weight excluding hydrogens is 296 g/mol. The molecular formula is C16H20N4O3. The summed E-state index contributed by atoms with van der Waals surface area (Å²) in [4.78, 5) is 30.4. The lowest BCUT2D eigenvalue weighted by atomic mass is 10.1. The van der Waals surface area contributed by atoms with E-state index in [4.69, 9.17) is 10.5 Å². The van der Waals surface area contributed by atoms with Crippen LogP contribution in [0, 0.1) is 0 Å². The van der Waals surface area contributed by atoms with Gasteiger partial charge in [-0.3, -0.25) is 9.59 Å². The van der Waals surface area contributed by atoms with Gasteiger partial charge in [-0.2, -0.15) is 0 Å². The van der Waals surface area contributed by atoms with Gasteiger partial charge in [0, 0.05) is 26.6 Å². The van der Waals surface area contributed by atoms with Gasteiger partial charge in [0.25, 0.3) is 5.56 Å². The van der Waals surface area contributed by atoms with Crippen molar-refractivity contribution in [1.82, 2.24) is 15.3 Å². The SMILES string of the molecule is CO[C@@H](Cc1ccc2c(=O)[nH]cnc2c1)C(=O)NC/C=C/CN. The van der Waals surface area contributed by atoms with Gasteiger partial charge in [0.1, 0.15) is 6.10 Å². The quantitative estimate of drug-likeness (QED) is 0.628. The second kappa shape index (κ2) is 8.21. The topological polar surface area (TPSA) is 110 Å². The molecule has 1 aromatic heterocycles. The molecule has 0 radical (unpaired) electrons. The van der Waals surface area contributed by atoms with Crippen molar-refractivity contribution in [3.05, 3.63) is 52.6 Å². The highest BCUT2D eigenvalue weighted by Crippen LogP contribution is 2.12. The van der Waals surface area contributed by atoms with Gasteiger partial charge in [0.15, 0.2) is 0 Å². The molecule has 122 valence electrons. The Bertz CT molecular complexity index is 754. The van der Waals surface area contributed by atoms with Crippen LogP contribution in [0.15, 0.2) is 41.5 Å². The van der Waals surface area contributed by atoms with Crippen LogP contribution in [-0.4, -0.2) is 42.2 Å². The number of nitrogens with two attached hydrogens (primary N) is 1. The Morgan fingerprint density at radius 1 is 1.48 bits per heavy atom. The maximum absolute atomic E-state index is 12.1. The van der Waals surface area contributed by atoms with Crippen LogP contribution in [-0.2, 0) is 16.0 Å². The van der Waals surface area contributed by atoms with E-state index in [1.165, 1.54) is 13.4 Å². The third-order valence-corrected chi connectivity index (χ3v) is 3.40. The first kappa shape index (κ1) is 16.9. The van der Waals surface area contributed by atoms with Crippen LogP contribution in [0.4, 0.5) is 0 Å². The van der Waals surface area contributed by atoms with Gasteiger partial charge in [-0.05, 0) is 17.7 Å². The van der Waals surface area contributed by atoms with Gasteiger partial charge in [0.05, 0.1) is 17.2 Å². The number of hydrogen-bond acceptors (Lipinski definition) is 5. The van der Waals surface area contributed by atoms with Crippen molar-refractivity contribution < 1.29 is 9.53 Å². The van der Waals surface area contributed by atoms with Gasteiger partial charge in [0.2, 0.25) is 5.91 Å².